The molecule has 6 heteroatoms. The SMILES string of the molecule is NCCC(O)c1cc(C(F)(F)F)ccc1N. The predicted molar refractivity (Wildman–Crippen MR) is 54.5 cm³/mol. The molecule has 0 saturated carbocycles. The van der Waals surface area contributed by atoms with Gasteiger partial charge in [-0.2, -0.15) is 13.2 Å². The molecule has 1 unspecified atom stereocenters. The van der Waals surface area contributed by atoms with Gasteiger partial charge in [-0.3, -0.25) is 0 Å². The first kappa shape index (κ1) is 12.8. The zero-order valence-corrected chi connectivity index (χ0v) is 8.46. The normalized spacial score (nSPS) is 13.8. The van der Waals surface area contributed by atoms with Gasteiger partial charge in [0.1, 0.15) is 0 Å². The van der Waals surface area contributed by atoms with Crippen molar-refractivity contribution in [3.05, 3.63) is 29.3 Å². The van der Waals surface area contributed by atoms with E-state index in [9.17, 15) is 18.3 Å². The Morgan fingerprint density at radius 3 is 2.44 bits per heavy atom. The van der Waals surface area contributed by atoms with Crippen molar-refractivity contribution in [3.8, 4) is 0 Å². The van der Waals surface area contributed by atoms with Gasteiger partial charge < -0.3 is 16.6 Å². The van der Waals surface area contributed by atoms with Crippen molar-refractivity contribution in [3.63, 3.8) is 0 Å². The third-order valence-corrected chi connectivity index (χ3v) is 2.21. The predicted octanol–water partition coefficient (Wildman–Crippen LogP) is 1.67. The van der Waals surface area contributed by atoms with Crippen LogP contribution in [0.25, 0.3) is 0 Å². The average molecular weight is 234 g/mol. The van der Waals surface area contributed by atoms with E-state index in [0.717, 1.165) is 18.2 Å². The highest BCUT2D eigenvalue weighted by Gasteiger charge is 2.31. The summed E-state index contributed by atoms with van der Waals surface area (Å²) in [5.41, 5.74) is 10.1. The molecule has 0 radical (unpaired) electrons. The number of benzene rings is 1. The molecule has 0 heterocycles. The molecule has 0 saturated heterocycles. The van der Waals surface area contributed by atoms with Crippen LogP contribution in [0.2, 0.25) is 0 Å². The number of hydrogen-bond acceptors (Lipinski definition) is 3. The first-order valence-corrected chi connectivity index (χ1v) is 4.71. The van der Waals surface area contributed by atoms with E-state index >= 15 is 0 Å². The van der Waals surface area contributed by atoms with Crippen molar-refractivity contribution in [2.24, 2.45) is 5.73 Å². The van der Waals surface area contributed by atoms with E-state index in [1.165, 1.54) is 0 Å². The van der Waals surface area contributed by atoms with E-state index in [2.05, 4.69) is 0 Å². The van der Waals surface area contributed by atoms with E-state index in [4.69, 9.17) is 11.5 Å². The van der Waals surface area contributed by atoms with Gasteiger partial charge in [0.2, 0.25) is 0 Å². The maximum atomic E-state index is 12.4. The molecule has 1 aromatic rings. The van der Waals surface area contributed by atoms with Gasteiger partial charge in [-0.15, -0.1) is 0 Å². The van der Waals surface area contributed by atoms with Gasteiger partial charge in [-0.25, -0.2) is 0 Å². The molecule has 1 atom stereocenters. The molecule has 0 bridgehead atoms. The summed E-state index contributed by atoms with van der Waals surface area (Å²) in [7, 11) is 0. The van der Waals surface area contributed by atoms with Crippen LogP contribution in [0.5, 0.6) is 0 Å². The molecule has 1 rings (SSSR count). The zero-order valence-electron chi connectivity index (χ0n) is 8.46. The van der Waals surface area contributed by atoms with Crippen molar-refractivity contribution in [2.75, 3.05) is 12.3 Å². The summed E-state index contributed by atoms with van der Waals surface area (Å²) in [4.78, 5) is 0. The first-order chi connectivity index (χ1) is 7.36. The molecular weight excluding hydrogens is 221 g/mol. The molecule has 0 fully saturated rings. The fourth-order valence-corrected chi connectivity index (χ4v) is 1.35. The average Bonchev–Trinajstić information content (AvgIpc) is 2.16. The van der Waals surface area contributed by atoms with Crippen LogP contribution in [0.3, 0.4) is 0 Å². The van der Waals surface area contributed by atoms with Crippen LogP contribution in [-0.4, -0.2) is 11.7 Å². The molecule has 1 aromatic carbocycles. The second kappa shape index (κ2) is 4.71. The lowest BCUT2D eigenvalue weighted by Crippen LogP contribution is -2.11. The molecule has 3 nitrogen and oxygen atoms in total. The molecule has 90 valence electrons. The minimum atomic E-state index is -4.44. The van der Waals surface area contributed by atoms with Crippen LogP contribution < -0.4 is 11.5 Å². The Kier molecular flexibility index (Phi) is 3.77. The maximum absolute atomic E-state index is 12.4. The summed E-state index contributed by atoms with van der Waals surface area (Å²) in [5, 5.41) is 9.56. The lowest BCUT2D eigenvalue weighted by atomic mass is 10.0. The van der Waals surface area contributed by atoms with Crippen LogP contribution in [0.15, 0.2) is 18.2 Å². The van der Waals surface area contributed by atoms with Crippen molar-refractivity contribution < 1.29 is 18.3 Å². The standard InChI is InChI=1S/C10H13F3N2O/c11-10(12,13)6-1-2-8(15)7(5-6)9(16)3-4-14/h1-2,5,9,16H,3-4,14-15H2. The lowest BCUT2D eigenvalue weighted by molar-refractivity contribution is -0.137. The molecule has 0 aliphatic carbocycles. The van der Waals surface area contributed by atoms with E-state index in [1.54, 1.807) is 0 Å². The fraction of sp³-hybridized carbons (Fsp3) is 0.400. The highest BCUT2D eigenvalue weighted by molar-refractivity contribution is 5.50. The third kappa shape index (κ3) is 2.86. The second-order valence-corrected chi connectivity index (χ2v) is 3.43. The summed E-state index contributed by atoms with van der Waals surface area (Å²) in [6.07, 6.45) is -5.33. The number of aliphatic hydroxyl groups is 1. The smallest absolute Gasteiger partial charge is 0.398 e. The molecule has 0 amide bonds. The largest absolute Gasteiger partial charge is 0.416 e. The Balaban J connectivity index is 3.09. The zero-order chi connectivity index (χ0) is 12.3. The van der Waals surface area contributed by atoms with Crippen molar-refractivity contribution in [2.45, 2.75) is 18.7 Å². The monoisotopic (exact) mass is 234 g/mol. The minimum Gasteiger partial charge on any atom is -0.398 e. The number of aliphatic hydroxyl groups excluding tert-OH is 1. The number of alkyl halides is 3. The Morgan fingerprint density at radius 1 is 1.31 bits per heavy atom. The third-order valence-electron chi connectivity index (χ3n) is 2.21. The van der Waals surface area contributed by atoms with Gasteiger partial charge in [0.05, 0.1) is 11.7 Å². The van der Waals surface area contributed by atoms with Crippen molar-refractivity contribution in [1.82, 2.24) is 0 Å². The molecule has 0 aromatic heterocycles. The van der Waals surface area contributed by atoms with Gasteiger partial charge in [0.25, 0.3) is 0 Å². The lowest BCUT2D eigenvalue weighted by Gasteiger charge is -2.15. The molecule has 0 aliphatic rings. The fourth-order valence-electron chi connectivity index (χ4n) is 1.35. The number of rotatable bonds is 3. The Morgan fingerprint density at radius 2 is 1.94 bits per heavy atom. The van der Waals surface area contributed by atoms with Crippen molar-refractivity contribution in [1.29, 1.82) is 0 Å². The number of anilines is 1. The molecule has 0 aliphatic heterocycles. The number of hydrogen-bond donors (Lipinski definition) is 3. The second-order valence-electron chi connectivity index (χ2n) is 3.43. The van der Waals surface area contributed by atoms with E-state index in [0.29, 0.717) is 0 Å². The van der Waals surface area contributed by atoms with Crippen LogP contribution in [0, 0.1) is 0 Å². The van der Waals surface area contributed by atoms with Gasteiger partial charge in [0.15, 0.2) is 0 Å². The Bertz CT molecular complexity index is 366. The van der Waals surface area contributed by atoms with Crippen molar-refractivity contribution >= 4 is 5.69 Å². The van der Waals surface area contributed by atoms with Crippen LogP contribution in [0.1, 0.15) is 23.7 Å². The van der Waals surface area contributed by atoms with Crippen LogP contribution >= 0.6 is 0 Å². The minimum absolute atomic E-state index is 0.0697. The van der Waals surface area contributed by atoms with Gasteiger partial charge in [0, 0.05) is 11.3 Å². The van der Waals surface area contributed by atoms with Gasteiger partial charge in [-0.05, 0) is 31.2 Å². The van der Waals surface area contributed by atoms with Crippen LogP contribution in [-0.2, 0) is 6.18 Å². The molecule has 0 spiro atoms. The van der Waals surface area contributed by atoms with E-state index in [1.807, 2.05) is 0 Å². The number of halogens is 3. The summed E-state index contributed by atoms with van der Waals surface area (Å²) in [5.74, 6) is 0. The first-order valence-electron chi connectivity index (χ1n) is 4.71. The number of nitrogens with two attached hydrogens (primary N) is 2. The molecule has 5 N–H and O–H groups in total. The molecule has 16 heavy (non-hydrogen) atoms. The highest BCUT2D eigenvalue weighted by atomic mass is 19.4. The summed E-state index contributed by atoms with van der Waals surface area (Å²) < 4.78 is 37.2. The highest BCUT2D eigenvalue weighted by Crippen LogP contribution is 2.33. The van der Waals surface area contributed by atoms with Gasteiger partial charge in [-0.1, -0.05) is 0 Å². The number of nitrogen functional groups attached to an aromatic ring is 1. The van der Waals surface area contributed by atoms with E-state index in [-0.39, 0.29) is 24.2 Å². The molecular formula is C10H13F3N2O. The maximum Gasteiger partial charge on any atom is 0.416 e. The Labute approximate surface area is 90.9 Å². The summed E-state index contributed by atoms with van der Waals surface area (Å²) >= 11 is 0. The van der Waals surface area contributed by atoms with Crippen LogP contribution in [0.4, 0.5) is 18.9 Å². The Hall–Kier alpha value is -1.27. The summed E-state index contributed by atoms with van der Waals surface area (Å²) in [6, 6.07) is 2.88. The van der Waals surface area contributed by atoms with E-state index < -0.39 is 17.8 Å². The topological polar surface area (TPSA) is 72.3 Å². The summed E-state index contributed by atoms with van der Waals surface area (Å²) in [6.45, 7) is 0.177. The van der Waals surface area contributed by atoms with Gasteiger partial charge >= 0.3 is 6.18 Å². The quantitative estimate of drug-likeness (QED) is 0.696.